The first-order chi connectivity index (χ1) is 16.9. The Balaban J connectivity index is 1.30. The molecule has 1 aromatic carbocycles. The summed E-state index contributed by atoms with van der Waals surface area (Å²) in [4.78, 5) is 18.7. The van der Waals surface area contributed by atoms with Crippen molar-refractivity contribution in [2.75, 3.05) is 18.0 Å². The number of halogens is 3. The molecule has 2 aliphatic rings. The molecule has 0 saturated carbocycles. The molecule has 0 bridgehead atoms. The summed E-state index contributed by atoms with van der Waals surface area (Å²) in [6, 6.07) is 3.68. The zero-order valence-corrected chi connectivity index (χ0v) is 19.2. The number of anilines is 1. The van der Waals surface area contributed by atoms with E-state index in [1.54, 1.807) is 6.20 Å². The lowest BCUT2D eigenvalue weighted by molar-refractivity contribution is -0.278. The number of ether oxygens (including phenoxy) is 2. The second kappa shape index (κ2) is 8.56. The van der Waals surface area contributed by atoms with Crippen LogP contribution in [0.5, 0.6) is 11.5 Å². The van der Waals surface area contributed by atoms with E-state index < -0.39 is 41.6 Å². The summed E-state index contributed by atoms with van der Waals surface area (Å²) in [5, 5.41) is 42.5. The number of aromatic nitrogens is 5. The van der Waals surface area contributed by atoms with Crippen LogP contribution in [-0.4, -0.2) is 71.5 Å². The topological polar surface area (TPSA) is 156 Å². The largest absolute Gasteiger partial charge is 0.573 e. The Morgan fingerprint density at radius 1 is 1.25 bits per heavy atom. The van der Waals surface area contributed by atoms with E-state index in [1.165, 1.54) is 23.5 Å². The molecule has 2 aliphatic heterocycles. The first-order valence-corrected chi connectivity index (χ1v) is 11.5. The minimum atomic E-state index is -5.00. The highest BCUT2D eigenvalue weighted by Gasteiger charge is 2.51. The number of nitrogens with zero attached hydrogens (tertiary/aromatic N) is 6. The van der Waals surface area contributed by atoms with Crippen molar-refractivity contribution in [3.63, 3.8) is 0 Å². The van der Waals surface area contributed by atoms with E-state index in [1.807, 2.05) is 4.90 Å². The van der Waals surface area contributed by atoms with E-state index >= 15 is 0 Å². The van der Waals surface area contributed by atoms with Gasteiger partial charge in [0, 0.05) is 32.4 Å². The maximum absolute atomic E-state index is 12.8. The molecule has 5 rings (SSSR count). The highest BCUT2D eigenvalue weighted by Crippen LogP contribution is 2.50. The van der Waals surface area contributed by atoms with Crippen LogP contribution in [-0.2, 0) is 17.1 Å². The van der Waals surface area contributed by atoms with Gasteiger partial charge < -0.3 is 29.7 Å². The summed E-state index contributed by atoms with van der Waals surface area (Å²) < 4.78 is 48.5. The van der Waals surface area contributed by atoms with E-state index in [-0.39, 0.29) is 18.0 Å². The molecule has 1 spiro atoms. The number of carboxylic acid groups (broad SMARTS) is 1. The molecule has 4 heterocycles. The first-order valence-electron chi connectivity index (χ1n) is 10.7. The van der Waals surface area contributed by atoms with Crippen LogP contribution in [0.2, 0.25) is 0 Å². The molecular formula is C20H19F3N6O6S. The predicted molar refractivity (Wildman–Crippen MR) is 115 cm³/mol. The van der Waals surface area contributed by atoms with Gasteiger partial charge in [-0.05, 0) is 17.3 Å². The highest BCUT2D eigenvalue weighted by atomic mass is 32.1. The van der Waals surface area contributed by atoms with Crippen LogP contribution in [0.15, 0.2) is 24.4 Å². The van der Waals surface area contributed by atoms with Crippen molar-refractivity contribution in [3.05, 3.63) is 30.0 Å². The molecule has 0 radical (unpaired) electrons. The Kier molecular flexibility index (Phi) is 5.76. The number of aliphatic carboxylic acids is 1. The van der Waals surface area contributed by atoms with Gasteiger partial charge in [0.1, 0.15) is 17.1 Å². The van der Waals surface area contributed by atoms with Crippen molar-refractivity contribution >= 4 is 22.4 Å². The van der Waals surface area contributed by atoms with Crippen LogP contribution < -0.4 is 14.4 Å². The molecule has 192 valence electrons. The number of fused-ring (bicyclic) bond motifs is 1. The molecule has 16 heteroatoms. The molecule has 1 saturated heterocycles. The van der Waals surface area contributed by atoms with Crippen LogP contribution in [0.1, 0.15) is 24.8 Å². The van der Waals surface area contributed by atoms with E-state index in [0.717, 1.165) is 10.9 Å². The Morgan fingerprint density at radius 2 is 2.00 bits per heavy atom. The molecule has 0 aliphatic carbocycles. The van der Waals surface area contributed by atoms with Crippen LogP contribution in [0, 0.1) is 0 Å². The smallest absolute Gasteiger partial charge is 0.486 e. The molecule has 36 heavy (non-hydrogen) atoms. The lowest BCUT2D eigenvalue weighted by Crippen LogP contribution is -2.54. The third kappa shape index (κ3) is 4.78. The summed E-state index contributed by atoms with van der Waals surface area (Å²) in [6.45, 7) is 0.434. The minimum absolute atomic E-state index is 0.0755. The van der Waals surface area contributed by atoms with E-state index in [9.17, 15) is 28.2 Å². The number of thiazole rings is 1. The van der Waals surface area contributed by atoms with E-state index in [2.05, 4.69) is 25.1 Å². The first kappa shape index (κ1) is 24.2. The van der Waals surface area contributed by atoms with Gasteiger partial charge in [-0.25, -0.2) is 4.98 Å². The molecular weight excluding hydrogens is 509 g/mol. The zero-order valence-electron chi connectivity index (χ0n) is 18.3. The maximum atomic E-state index is 12.8. The molecule has 0 amide bonds. The fraction of sp³-hybridized carbons (Fsp3) is 0.450. The number of hydrogen-bond acceptors (Lipinski definition) is 11. The summed E-state index contributed by atoms with van der Waals surface area (Å²) >= 11 is 1.28. The van der Waals surface area contributed by atoms with Crippen molar-refractivity contribution in [2.45, 2.75) is 43.6 Å². The van der Waals surface area contributed by atoms with Gasteiger partial charge in [-0.1, -0.05) is 17.4 Å². The quantitative estimate of drug-likeness (QED) is 0.415. The summed E-state index contributed by atoms with van der Waals surface area (Å²) in [5.74, 6) is -4.24. The second-order valence-electron chi connectivity index (χ2n) is 8.49. The third-order valence-corrected chi connectivity index (χ3v) is 6.95. The lowest BCUT2D eigenvalue weighted by atomic mass is 9.79. The van der Waals surface area contributed by atoms with Crippen LogP contribution in [0.25, 0.3) is 10.7 Å². The van der Waals surface area contributed by atoms with Crippen molar-refractivity contribution in [1.29, 1.82) is 0 Å². The zero-order chi connectivity index (χ0) is 25.7. The molecule has 2 aromatic heterocycles. The minimum Gasteiger partial charge on any atom is -0.486 e. The number of piperidine rings is 1. The Hall–Kier alpha value is -3.50. The molecule has 3 N–H and O–H groups in total. The standard InChI is InChI=1S/C20H19F3N6O6S/c21-20(22,23)35-12-3-1-2-11-15(12)19(32,33)10-18(34-11)4-6-28(7-5-18)17-24-8-13(36-17)16-25-27-29(26-16)9-14(30)31/h1-3,8,32-33H,4-7,9-10H2,(H,30,31). The van der Waals surface area contributed by atoms with Crippen LogP contribution in [0.4, 0.5) is 18.3 Å². The second-order valence-corrected chi connectivity index (χ2v) is 9.50. The van der Waals surface area contributed by atoms with Gasteiger partial charge in [0.05, 0.1) is 16.6 Å². The monoisotopic (exact) mass is 528 g/mol. The number of rotatable bonds is 5. The summed E-state index contributed by atoms with van der Waals surface area (Å²) in [7, 11) is 0. The van der Waals surface area contributed by atoms with Crippen molar-refractivity contribution in [3.8, 4) is 22.2 Å². The molecule has 12 nitrogen and oxygen atoms in total. The van der Waals surface area contributed by atoms with Gasteiger partial charge in [0.2, 0.25) is 11.6 Å². The van der Waals surface area contributed by atoms with E-state index in [0.29, 0.717) is 35.9 Å². The van der Waals surface area contributed by atoms with E-state index in [4.69, 9.17) is 9.84 Å². The number of aliphatic hydroxyl groups is 2. The number of carboxylic acids is 1. The average Bonchev–Trinajstić information content (AvgIpc) is 3.41. The van der Waals surface area contributed by atoms with Crippen molar-refractivity contribution < 1.29 is 42.8 Å². The van der Waals surface area contributed by atoms with Gasteiger partial charge in [-0.15, -0.1) is 23.4 Å². The molecule has 0 unspecified atom stereocenters. The van der Waals surface area contributed by atoms with Crippen molar-refractivity contribution in [1.82, 2.24) is 25.2 Å². The Bertz CT molecular complexity index is 1290. The fourth-order valence-corrected chi connectivity index (χ4v) is 5.33. The molecule has 1 fully saturated rings. The number of hydrogen-bond donors (Lipinski definition) is 3. The lowest BCUT2D eigenvalue weighted by Gasteiger charge is -2.48. The number of benzene rings is 1. The Labute approximate surface area is 204 Å². The van der Waals surface area contributed by atoms with Gasteiger partial charge in [0.25, 0.3) is 0 Å². The van der Waals surface area contributed by atoms with Crippen molar-refractivity contribution in [2.24, 2.45) is 0 Å². The highest BCUT2D eigenvalue weighted by molar-refractivity contribution is 7.18. The Morgan fingerprint density at radius 3 is 2.69 bits per heavy atom. The number of carbonyl (C=O) groups is 1. The number of alkyl halides is 3. The third-order valence-electron chi connectivity index (χ3n) is 5.90. The fourth-order valence-electron chi connectivity index (χ4n) is 4.44. The van der Waals surface area contributed by atoms with Gasteiger partial charge in [0.15, 0.2) is 11.7 Å². The molecule has 3 aromatic rings. The normalized spacial score (nSPS) is 18.5. The SMILES string of the molecule is O=C(O)Cn1nnc(-c2cnc(N3CCC4(CC3)CC(O)(O)c3c(OC(F)(F)F)cccc3O4)s2)n1. The van der Waals surface area contributed by atoms with Gasteiger partial charge >= 0.3 is 12.3 Å². The average molecular weight is 528 g/mol. The van der Waals surface area contributed by atoms with Gasteiger partial charge in [-0.2, -0.15) is 4.80 Å². The predicted octanol–water partition coefficient (Wildman–Crippen LogP) is 1.74. The summed E-state index contributed by atoms with van der Waals surface area (Å²) in [5.41, 5.74) is -1.46. The number of tetrazole rings is 1. The maximum Gasteiger partial charge on any atom is 0.573 e. The van der Waals surface area contributed by atoms with Gasteiger partial charge in [-0.3, -0.25) is 4.79 Å². The van der Waals surface area contributed by atoms with Crippen LogP contribution in [0.3, 0.4) is 0 Å². The summed E-state index contributed by atoms with van der Waals surface area (Å²) in [6.07, 6.45) is -3.09. The molecule has 0 atom stereocenters. The van der Waals surface area contributed by atoms with Crippen LogP contribution >= 0.6 is 11.3 Å².